The van der Waals surface area contributed by atoms with Crippen LogP contribution in [0.3, 0.4) is 0 Å². The molecule has 0 fully saturated rings. The quantitative estimate of drug-likeness (QED) is 0.423. The Morgan fingerprint density at radius 2 is 0.812 bits per heavy atom. The summed E-state index contributed by atoms with van der Waals surface area (Å²) in [6.45, 7) is 0. The SMILES string of the molecule is C[s+]1cccccccc1.O.O.O.O.O.[Cl-]. The molecule has 10 N–H and O–H groups in total. The second-order valence-corrected chi connectivity index (χ2v) is 3.79. The lowest BCUT2D eigenvalue weighted by Crippen LogP contribution is -3.00. The smallest absolute Gasteiger partial charge is 0.137 e. The molecule has 16 heavy (non-hydrogen) atoms. The van der Waals surface area contributed by atoms with E-state index in [0.717, 1.165) is 0 Å². The molecule has 1 aromatic heterocycles. The minimum Gasteiger partial charge on any atom is -1.00 e. The number of aryl methyl sites for hydroxylation is 1. The fourth-order valence-electron chi connectivity index (χ4n) is 0.641. The number of hydrogen-bond acceptors (Lipinski definition) is 0. The summed E-state index contributed by atoms with van der Waals surface area (Å²) >= 11 is 0. The van der Waals surface area contributed by atoms with Gasteiger partial charge in [0.05, 0.1) is 0 Å². The van der Waals surface area contributed by atoms with E-state index in [4.69, 9.17) is 0 Å². The van der Waals surface area contributed by atoms with Gasteiger partial charge in [-0.1, -0.05) is 24.3 Å². The number of rotatable bonds is 0. The Kier molecular flexibility index (Phi) is 53.9. The molecule has 7 heteroatoms. The summed E-state index contributed by atoms with van der Waals surface area (Å²) in [5.74, 6) is 0. The average molecular weight is 277 g/mol. The monoisotopic (exact) mass is 276 g/mol. The number of halogens is 1. The zero-order chi connectivity index (χ0) is 7.23. The highest BCUT2D eigenvalue weighted by Crippen LogP contribution is 2.05. The van der Waals surface area contributed by atoms with Crippen LogP contribution in [-0.2, 0) is 6.26 Å². The minimum atomic E-state index is 0. The van der Waals surface area contributed by atoms with Crippen molar-refractivity contribution in [2.75, 3.05) is 0 Å². The van der Waals surface area contributed by atoms with E-state index in [1.165, 1.54) is 0 Å². The maximum absolute atomic E-state index is 2.19. The van der Waals surface area contributed by atoms with Crippen molar-refractivity contribution in [3.63, 3.8) is 0 Å². The Hall–Kier alpha value is -0.730. The second kappa shape index (κ2) is 23.8. The van der Waals surface area contributed by atoms with Gasteiger partial charge in [-0.15, -0.1) is 0 Å². The van der Waals surface area contributed by atoms with Crippen LogP contribution in [0, 0.1) is 0 Å². The normalized spacial score (nSPS) is 5.31. The van der Waals surface area contributed by atoms with Crippen molar-refractivity contribution in [3.05, 3.63) is 47.2 Å². The topological polar surface area (TPSA) is 158 Å². The highest BCUT2D eigenvalue weighted by Gasteiger charge is 1.79. The molecule has 0 spiro atoms. The molecule has 0 aromatic carbocycles. The summed E-state index contributed by atoms with van der Waals surface area (Å²) < 4.78 is 0. The van der Waals surface area contributed by atoms with Crippen molar-refractivity contribution >= 4 is 10.5 Å². The zero-order valence-corrected chi connectivity index (χ0v) is 10.5. The van der Waals surface area contributed by atoms with Crippen LogP contribution < -0.4 is 12.4 Å². The average Bonchev–Trinajstić information content (AvgIpc) is 2.02. The van der Waals surface area contributed by atoms with E-state index in [1.807, 2.05) is 24.3 Å². The molecule has 0 amide bonds. The fraction of sp³-hybridized carbons (Fsp3) is 0.111. The van der Waals surface area contributed by atoms with Crippen LogP contribution in [0.15, 0.2) is 47.2 Å². The van der Waals surface area contributed by atoms with E-state index in [9.17, 15) is 0 Å². The molecule has 100 valence electrons. The molecule has 1 heterocycles. The molecule has 0 aliphatic heterocycles. The van der Waals surface area contributed by atoms with E-state index in [0.29, 0.717) is 10.5 Å². The predicted octanol–water partition coefficient (Wildman–Crippen LogP) is -4.02. The molecular weight excluding hydrogens is 256 g/mol. The molecule has 0 aliphatic rings. The Morgan fingerprint density at radius 3 is 1.12 bits per heavy atom. The van der Waals surface area contributed by atoms with Crippen LogP contribution in [0.1, 0.15) is 0 Å². The molecule has 0 saturated carbocycles. The highest BCUT2D eigenvalue weighted by atomic mass is 35.5. The van der Waals surface area contributed by atoms with Gasteiger partial charge in [-0.25, -0.2) is 0 Å². The van der Waals surface area contributed by atoms with Crippen molar-refractivity contribution < 1.29 is 39.8 Å². The lowest BCUT2D eigenvalue weighted by atomic mass is 10.5. The van der Waals surface area contributed by atoms with Crippen LogP contribution in [-0.4, -0.2) is 27.4 Å². The van der Waals surface area contributed by atoms with E-state index < -0.39 is 0 Å². The summed E-state index contributed by atoms with van der Waals surface area (Å²) in [7, 11) is 0.307. The Balaban J connectivity index is -0.0000000417. The summed E-state index contributed by atoms with van der Waals surface area (Å²) in [6.07, 6.45) is 2.19. The standard InChI is InChI=1S/C9H11S.ClH.5H2O/c1-10-8-6-4-2-3-5-7-9-10;;;;;;/h2-9H,1H3;1H;5*1H2/q+1;;;;;;/p-1. The maximum atomic E-state index is 2.19. The molecule has 0 unspecified atom stereocenters. The Labute approximate surface area is 104 Å². The van der Waals surface area contributed by atoms with E-state index >= 15 is 0 Å². The van der Waals surface area contributed by atoms with Crippen molar-refractivity contribution in [1.82, 2.24) is 0 Å². The van der Waals surface area contributed by atoms with Gasteiger partial charge in [0.1, 0.15) is 17.0 Å². The van der Waals surface area contributed by atoms with Crippen LogP contribution in [0.2, 0.25) is 0 Å². The molecule has 0 atom stereocenters. The number of hydrogen-bond donors (Lipinski definition) is 0. The molecule has 0 bridgehead atoms. The van der Waals surface area contributed by atoms with Crippen molar-refractivity contribution in [2.24, 2.45) is 6.26 Å². The van der Waals surface area contributed by atoms with Gasteiger partial charge < -0.3 is 39.8 Å². The summed E-state index contributed by atoms with van der Waals surface area (Å²) in [5.41, 5.74) is 0. The molecule has 5 nitrogen and oxygen atoms in total. The first kappa shape index (κ1) is 36.2. The Bertz CT molecular complexity index is 231. The van der Waals surface area contributed by atoms with Gasteiger partial charge in [0, 0.05) is 0 Å². The van der Waals surface area contributed by atoms with Gasteiger partial charge in [-0.3, -0.25) is 0 Å². The largest absolute Gasteiger partial charge is 1.00 e. The fourth-order valence-corrected chi connectivity index (χ4v) is 1.41. The van der Waals surface area contributed by atoms with Gasteiger partial charge in [0.25, 0.3) is 0 Å². The summed E-state index contributed by atoms with van der Waals surface area (Å²) in [6, 6.07) is 12.3. The minimum absolute atomic E-state index is 0. The lowest BCUT2D eigenvalue weighted by Gasteiger charge is -1.67. The van der Waals surface area contributed by atoms with E-state index in [-0.39, 0.29) is 39.8 Å². The molecule has 1 aromatic rings. The van der Waals surface area contributed by atoms with Gasteiger partial charge in [0.15, 0.2) is 0 Å². The molecule has 1 rings (SSSR count). The first-order valence-electron chi connectivity index (χ1n) is 3.21. The highest BCUT2D eigenvalue weighted by molar-refractivity contribution is 7.26. The van der Waals surface area contributed by atoms with Gasteiger partial charge in [0.2, 0.25) is 0 Å². The summed E-state index contributed by atoms with van der Waals surface area (Å²) in [5, 5.41) is 4.39. The molecule has 0 aliphatic carbocycles. The third-order valence-electron chi connectivity index (χ3n) is 1.14. The third-order valence-corrected chi connectivity index (χ3v) is 2.31. The van der Waals surface area contributed by atoms with Gasteiger partial charge in [-0.05, 0) is 22.6 Å². The van der Waals surface area contributed by atoms with E-state index in [1.54, 1.807) is 0 Å². The van der Waals surface area contributed by atoms with Crippen molar-refractivity contribution in [2.45, 2.75) is 0 Å². The van der Waals surface area contributed by atoms with Crippen LogP contribution in [0.25, 0.3) is 0 Å². The van der Waals surface area contributed by atoms with Gasteiger partial charge >= 0.3 is 0 Å². The molecule has 0 radical (unpaired) electrons. The summed E-state index contributed by atoms with van der Waals surface area (Å²) in [4.78, 5) is 0. The van der Waals surface area contributed by atoms with Crippen molar-refractivity contribution in [3.8, 4) is 0 Å². The third kappa shape index (κ3) is 18.9. The van der Waals surface area contributed by atoms with E-state index in [2.05, 4.69) is 29.1 Å². The predicted molar refractivity (Wildman–Crippen MR) is 65.6 cm³/mol. The maximum Gasteiger partial charge on any atom is 0.137 e. The van der Waals surface area contributed by atoms with Gasteiger partial charge in [-0.2, -0.15) is 0 Å². The molecule has 0 saturated heterocycles. The Morgan fingerprint density at radius 1 is 0.562 bits per heavy atom. The van der Waals surface area contributed by atoms with Crippen molar-refractivity contribution in [1.29, 1.82) is 0 Å². The zero-order valence-electron chi connectivity index (χ0n) is 8.91. The van der Waals surface area contributed by atoms with Crippen LogP contribution in [0.4, 0.5) is 0 Å². The van der Waals surface area contributed by atoms with Crippen LogP contribution in [0.5, 0.6) is 0 Å². The second-order valence-electron chi connectivity index (χ2n) is 2.03. The first-order valence-corrected chi connectivity index (χ1v) is 4.97. The van der Waals surface area contributed by atoms with Crippen LogP contribution >= 0.6 is 10.5 Å². The first-order chi connectivity index (χ1) is 4.89. The lowest BCUT2D eigenvalue weighted by molar-refractivity contribution is -0.00000812. The molecular formula is C9H21ClO5S.